The summed E-state index contributed by atoms with van der Waals surface area (Å²) in [4.78, 5) is 3.66. The lowest BCUT2D eigenvalue weighted by molar-refractivity contribution is -0.141. The van der Waals surface area contributed by atoms with Gasteiger partial charge in [-0.25, -0.2) is 4.98 Å². The van der Waals surface area contributed by atoms with Crippen molar-refractivity contribution in [2.45, 2.75) is 32.4 Å². The van der Waals surface area contributed by atoms with Crippen molar-refractivity contribution in [3.8, 4) is 0 Å². The summed E-state index contributed by atoms with van der Waals surface area (Å²) in [5.41, 5.74) is 5.04. The van der Waals surface area contributed by atoms with Gasteiger partial charge in [0, 0.05) is 6.54 Å². The van der Waals surface area contributed by atoms with E-state index in [1.807, 2.05) is 0 Å². The summed E-state index contributed by atoms with van der Waals surface area (Å²) < 4.78 is 38.1. The van der Waals surface area contributed by atoms with Crippen molar-refractivity contribution in [2.24, 2.45) is 11.1 Å². The third-order valence-electron chi connectivity index (χ3n) is 3.69. The minimum absolute atomic E-state index is 0.0347. The number of anilines is 1. The molecule has 2 rings (SSSR count). The molecule has 0 unspecified atom stereocenters. The average molecular weight is 303 g/mol. The summed E-state index contributed by atoms with van der Waals surface area (Å²) in [5.74, 6) is 0.112. The number of aromatic nitrogens is 1. The maximum atomic E-state index is 12.7. The maximum absolute atomic E-state index is 12.7. The average Bonchev–Trinajstić information content (AvgIpc) is 2.32. The van der Waals surface area contributed by atoms with Crippen LogP contribution >= 0.6 is 12.2 Å². The molecule has 110 valence electrons. The standard InChI is InChI=1S/C13H16F3N3S/c1-12(5-2-6-12)7-18-11-8(10(17)20)3-4-9(19-11)13(14,15)16/h3-4H,2,5-7H2,1H3,(H2,17,20)(H,18,19). The molecule has 1 aromatic rings. The highest BCUT2D eigenvalue weighted by Gasteiger charge is 2.34. The second-order valence-corrected chi connectivity index (χ2v) is 5.91. The van der Waals surface area contributed by atoms with Crippen LogP contribution in [-0.4, -0.2) is 16.5 Å². The monoisotopic (exact) mass is 303 g/mol. The van der Waals surface area contributed by atoms with Gasteiger partial charge in [-0.3, -0.25) is 0 Å². The van der Waals surface area contributed by atoms with Crippen molar-refractivity contribution in [1.82, 2.24) is 4.98 Å². The van der Waals surface area contributed by atoms with Gasteiger partial charge in [0.15, 0.2) is 0 Å². The Morgan fingerprint density at radius 1 is 1.45 bits per heavy atom. The van der Waals surface area contributed by atoms with E-state index in [-0.39, 0.29) is 16.2 Å². The van der Waals surface area contributed by atoms with E-state index in [1.54, 1.807) is 0 Å². The fraction of sp³-hybridized carbons (Fsp3) is 0.538. The highest BCUT2D eigenvalue weighted by Crippen LogP contribution is 2.40. The molecule has 1 aromatic heterocycles. The fourth-order valence-corrected chi connectivity index (χ4v) is 2.37. The number of halogens is 3. The predicted molar refractivity (Wildman–Crippen MR) is 75.6 cm³/mol. The molecule has 0 atom stereocenters. The van der Waals surface area contributed by atoms with Crippen LogP contribution < -0.4 is 11.1 Å². The maximum Gasteiger partial charge on any atom is 0.433 e. The quantitative estimate of drug-likeness (QED) is 0.838. The summed E-state index contributed by atoms with van der Waals surface area (Å²) in [6, 6.07) is 2.16. The molecule has 0 radical (unpaired) electrons. The number of alkyl halides is 3. The van der Waals surface area contributed by atoms with Gasteiger partial charge < -0.3 is 11.1 Å². The molecule has 1 fully saturated rings. The van der Waals surface area contributed by atoms with E-state index >= 15 is 0 Å². The molecule has 0 saturated heterocycles. The molecular formula is C13H16F3N3S. The zero-order valence-electron chi connectivity index (χ0n) is 11.0. The number of nitrogens with two attached hydrogens (primary N) is 1. The van der Waals surface area contributed by atoms with Gasteiger partial charge in [0.2, 0.25) is 0 Å². The molecule has 1 aliphatic rings. The Labute approximate surface area is 120 Å². The normalized spacial score (nSPS) is 17.4. The van der Waals surface area contributed by atoms with Crippen LogP contribution in [0.4, 0.5) is 19.0 Å². The number of nitrogens with one attached hydrogen (secondary N) is 1. The smallest absolute Gasteiger partial charge is 0.389 e. The van der Waals surface area contributed by atoms with Gasteiger partial charge in [0.05, 0.1) is 5.56 Å². The Kier molecular flexibility index (Phi) is 3.90. The van der Waals surface area contributed by atoms with Crippen molar-refractivity contribution in [3.63, 3.8) is 0 Å². The lowest BCUT2D eigenvalue weighted by atomic mass is 9.70. The lowest BCUT2D eigenvalue weighted by Gasteiger charge is -2.38. The summed E-state index contributed by atoms with van der Waals surface area (Å²) in [5, 5.41) is 2.97. The molecule has 3 N–H and O–H groups in total. The number of nitrogens with zero attached hydrogens (tertiary/aromatic N) is 1. The van der Waals surface area contributed by atoms with E-state index in [0.717, 1.165) is 25.3 Å². The van der Waals surface area contributed by atoms with Crippen LogP contribution in [0.25, 0.3) is 0 Å². The third-order valence-corrected chi connectivity index (χ3v) is 3.91. The minimum atomic E-state index is -4.48. The summed E-state index contributed by atoms with van der Waals surface area (Å²) in [6.45, 7) is 2.66. The third kappa shape index (κ3) is 3.20. The number of rotatable bonds is 4. The van der Waals surface area contributed by atoms with Crippen LogP contribution in [0.15, 0.2) is 12.1 Å². The topological polar surface area (TPSA) is 50.9 Å². The van der Waals surface area contributed by atoms with Gasteiger partial charge in [-0.2, -0.15) is 13.2 Å². The van der Waals surface area contributed by atoms with E-state index < -0.39 is 11.9 Å². The predicted octanol–water partition coefficient (Wildman–Crippen LogP) is 3.34. The van der Waals surface area contributed by atoms with Gasteiger partial charge in [-0.1, -0.05) is 25.6 Å². The Hall–Kier alpha value is -1.37. The molecule has 20 heavy (non-hydrogen) atoms. The van der Waals surface area contributed by atoms with Crippen molar-refractivity contribution >= 4 is 23.0 Å². The molecule has 7 heteroatoms. The van der Waals surface area contributed by atoms with E-state index in [4.69, 9.17) is 18.0 Å². The molecule has 0 aliphatic heterocycles. The zero-order chi connectivity index (χ0) is 15.0. The molecule has 0 bridgehead atoms. The van der Waals surface area contributed by atoms with Crippen molar-refractivity contribution in [3.05, 3.63) is 23.4 Å². The number of pyridine rings is 1. The molecule has 3 nitrogen and oxygen atoms in total. The van der Waals surface area contributed by atoms with Gasteiger partial charge in [-0.05, 0) is 30.4 Å². The van der Waals surface area contributed by atoms with Crippen LogP contribution in [0.2, 0.25) is 0 Å². The number of hydrogen-bond donors (Lipinski definition) is 2. The van der Waals surface area contributed by atoms with Gasteiger partial charge >= 0.3 is 6.18 Å². The SMILES string of the molecule is CC1(CNc2nc(C(F)(F)F)ccc2C(N)=S)CCC1. The molecular weight excluding hydrogens is 287 g/mol. The first-order chi connectivity index (χ1) is 9.21. The molecule has 1 aliphatic carbocycles. The molecule has 1 saturated carbocycles. The van der Waals surface area contributed by atoms with E-state index in [1.165, 1.54) is 6.07 Å². The van der Waals surface area contributed by atoms with Crippen LogP contribution in [0, 0.1) is 5.41 Å². The van der Waals surface area contributed by atoms with Crippen LogP contribution in [-0.2, 0) is 6.18 Å². The zero-order valence-corrected chi connectivity index (χ0v) is 11.9. The first kappa shape index (κ1) is 15.0. The Balaban J connectivity index is 2.25. The Morgan fingerprint density at radius 2 is 2.10 bits per heavy atom. The number of hydrogen-bond acceptors (Lipinski definition) is 3. The minimum Gasteiger partial charge on any atom is -0.389 e. The molecule has 0 spiro atoms. The fourth-order valence-electron chi connectivity index (χ4n) is 2.20. The van der Waals surface area contributed by atoms with Crippen LogP contribution in [0.3, 0.4) is 0 Å². The van der Waals surface area contributed by atoms with E-state index in [9.17, 15) is 13.2 Å². The van der Waals surface area contributed by atoms with Crippen LogP contribution in [0.5, 0.6) is 0 Å². The molecule has 1 heterocycles. The van der Waals surface area contributed by atoms with Crippen LogP contribution in [0.1, 0.15) is 37.4 Å². The summed E-state index contributed by atoms with van der Waals surface area (Å²) in [6.07, 6.45) is -1.22. The molecule has 0 amide bonds. The second-order valence-electron chi connectivity index (χ2n) is 5.47. The van der Waals surface area contributed by atoms with E-state index in [0.29, 0.717) is 12.1 Å². The van der Waals surface area contributed by atoms with Crippen molar-refractivity contribution in [2.75, 3.05) is 11.9 Å². The second kappa shape index (κ2) is 5.20. The molecule has 0 aromatic carbocycles. The van der Waals surface area contributed by atoms with Gasteiger partial charge in [-0.15, -0.1) is 0 Å². The number of thiocarbonyl (C=S) groups is 1. The van der Waals surface area contributed by atoms with Gasteiger partial charge in [0.1, 0.15) is 16.5 Å². The Bertz CT molecular complexity index is 524. The lowest BCUT2D eigenvalue weighted by Crippen LogP contribution is -2.34. The van der Waals surface area contributed by atoms with Gasteiger partial charge in [0.25, 0.3) is 0 Å². The highest BCUT2D eigenvalue weighted by molar-refractivity contribution is 7.80. The first-order valence-electron chi connectivity index (χ1n) is 6.33. The largest absolute Gasteiger partial charge is 0.433 e. The van der Waals surface area contributed by atoms with E-state index in [2.05, 4.69) is 17.2 Å². The highest BCUT2D eigenvalue weighted by atomic mass is 32.1. The summed E-state index contributed by atoms with van der Waals surface area (Å²) in [7, 11) is 0. The first-order valence-corrected chi connectivity index (χ1v) is 6.74. The van der Waals surface area contributed by atoms with Crippen molar-refractivity contribution in [1.29, 1.82) is 0 Å². The Morgan fingerprint density at radius 3 is 2.55 bits per heavy atom. The van der Waals surface area contributed by atoms with Crippen molar-refractivity contribution < 1.29 is 13.2 Å². The summed E-state index contributed by atoms with van der Waals surface area (Å²) >= 11 is 4.85.